The van der Waals surface area contributed by atoms with Gasteiger partial charge in [0.2, 0.25) is 0 Å². The van der Waals surface area contributed by atoms with Gasteiger partial charge >= 0.3 is 0 Å². The first-order valence-corrected chi connectivity index (χ1v) is 6.18. The Morgan fingerprint density at radius 1 is 0.682 bits per heavy atom. The van der Waals surface area contributed by atoms with E-state index in [2.05, 4.69) is 0 Å². The van der Waals surface area contributed by atoms with E-state index in [0.717, 1.165) is 11.1 Å². The molecule has 0 amide bonds. The molecule has 4 heteroatoms. The van der Waals surface area contributed by atoms with Crippen molar-refractivity contribution < 1.29 is 19.8 Å². The lowest BCUT2D eigenvalue weighted by molar-refractivity contribution is -0.115. The van der Waals surface area contributed by atoms with Gasteiger partial charge in [-0.15, -0.1) is 0 Å². The molecular formula is C18H26O4. The van der Waals surface area contributed by atoms with Gasteiger partial charge in [-0.1, -0.05) is 14.9 Å². The molecule has 4 nitrogen and oxygen atoms in total. The van der Waals surface area contributed by atoms with Crippen molar-refractivity contribution in [1.82, 2.24) is 0 Å². The molecule has 1 aliphatic carbocycles. The molecule has 0 aromatic heterocycles. The molecule has 0 saturated heterocycles. The summed E-state index contributed by atoms with van der Waals surface area (Å²) in [7, 11) is 0. The molecule has 122 valence electrons. The van der Waals surface area contributed by atoms with E-state index < -0.39 is 0 Å². The summed E-state index contributed by atoms with van der Waals surface area (Å²) in [5.74, 6) is 0.347. The molecule has 0 unspecified atom stereocenters. The highest BCUT2D eigenvalue weighted by Gasteiger charge is 2.14. The molecule has 2 N–H and O–H groups in total. The van der Waals surface area contributed by atoms with Crippen LogP contribution >= 0.6 is 0 Å². The second kappa shape index (κ2) is 8.82. The number of phenols is 2. The Balaban J connectivity index is 0. The first-order chi connectivity index (χ1) is 9.25. The highest BCUT2D eigenvalue weighted by Crippen LogP contribution is 2.26. The summed E-state index contributed by atoms with van der Waals surface area (Å²) < 4.78 is 0. The van der Waals surface area contributed by atoms with Crippen LogP contribution in [0.2, 0.25) is 0 Å². The lowest BCUT2D eigenvalue weighted by Crippen LogP contribution is -2.09. The van der Waals surface area contributed by atoms with Gasteiger partial charge in [-0.25, -0.2) is 0 Å². The second-order valence-electron chi connectivity index (χ2n) is 4.67. The van der Waals surface area contributed by atoms with Crippen molar-refractivity contribution in [2.75, 3.05) is 0 Å². The van der Waals surface area contributed by atoms with Gasteiger partial charge in [0.15, 0.2) is 11.6 Å². The van der Waals surface area contributed by atoms with Gasteiger partial charge < -0.3 is 10.2 Å². The van der Waals surface area contributed by atoms with Crippen LogP contribution in [0.25, 0.3) is 0 Å². The Morgan fingerprint density at radius 3 is 1.23 bits per heavy atom. The molecule has 0 radical (unpaired) electrons. The van der Waals surface area contributed by atoms with Crippen LogP contribution in [-0.4, -0.2) is 21.8 Å². The standard InChI is InChI=1S/C8H10O2.C8H8O2.2CH4/c2*1-5-6(2)8(10)4-3-7(5)9;;/h3-4,9-10H,1-2H3;3-4H,1-2H3;2*1H4. The summed E-state index contributed by atoms with van der Waals surface area (Å²) in [5, 5.41) is 18.2. The maximum Gasteiger partial charge on any atom is 0.182 e. The number of rotatable bonds is 0. The van der Waals surface area contributed by atoms with Crippen LogP contribution in [0.3, 0.4) is 0 Å². The van der Waals surface area contributed by atoms with E-state index in [-0.39, 0.29) is 37.9 Å². The van der Waals surface area contributed by atoms with Crippen LogP contribution in [0.5, 0.6) is 11.5 Å². The molecule has 0 aliphatic heterocycles. The molecule has 1 aromatic rings. The molecule has 22 heavy (non-hydrogen) atoms. The summed E-state index contributed by atoms with van der Waals surface area (Å²) in [6, 6.07) is 2.97. The summed E-state index contributed by atoms with van der Waals surface area (Å²) in [5.41, 5.74) is 2.60. The van der Waals surface area contributed by atoms with E-state index in [1.54, 1.807) is 27.7 Å². The van der Waals surface area contributed by atoms with Gasteiger partial charge in [0.1, 0.15) is 11.5 Å². The van der Waals surface area contributed by atoms with Gasteiger partial charge in [-0.3, -0.25) is 9.59 Å². The first kappa shape index (κ1) is 21.9. The number of hydrogen-bond donors (Lipinski definition) is 2. The highest BCUT2D eigenvalue weighted by molar-refractivity contribution is 6.19. The Bertz CT molecular complexity index is 569. The van der Waals surface area contributed by atoms with Crippen LogP contribution in [0, 0.1) is 13.8 Å². The quantitative estimate of drug-likeness (QED) is 0.561. The number of carbonyl (C=O) groups is 2. The molecule has 0 fully saturated rings. The van der Waals surface area contributed by atoms with E-state index in [1.807, 2.05) is 0 Å². The fourth-order valence-electron chi connectivity index (χ4n) is 1.56. The van der Waals surface area contributed by atoms with Crippen molar-refractivity contribution in [2.24, 2.45) is 0 Å². The number of carbonyl (C=O) groups excluding carboxylic acids is 2. The van der Waals surface area contributed by atoms with Gasteiger partial charge in [0.25, 0.3) is 0 Å². The van der Waals surface area contributed by atoms with Crippen molar-refractivity contribution in [3.63, 3.8) is 0 Å². The SMILES string of the molecule is C.C.CC1=C(C)C(=O)C=CC1=O.Cc1c(O)ccc(O)c1C. The maximum atomic E-state index is 10.9. The Kier molecular flexibility index (Phi) is 8.79. The largest absolute Gasteiger partial charge is 0.508 e. The molecule has 1 aliphatic rings. The highest BCUT2D eigenvalue weighted by atomic mass is 16.3. The van der Waals surface area contributed by atoms with Gasteiger partial charge in [0, 0.05) is 11.1 Å². The molecule has 0 saturated carbocycles. The lowest BCUT2D eigenvalue weighted by atomic mass is 9.98. The summed E-state index contributed by atoms with van der Waals surface area (Å²) in [4.78, 5) is 21.7. The average Bonchev–Trinajstić information content (AvgIpc) is 2.43. The van der Waals surface area contributed by atoms with E-state index in [1.165, 1.54) is 24.3 Å². The summed E-state index contributed by atoms with van der Waals surface area (Å²) >= 11 is 0. The number of benzene rings is 1. The molecule has 2 rings (SSSR count). The average molecular weight is 306 g/mol. The Labute approximate surface area is 132 Å². The maximum absolute atomic E-state index is 10.9. The van der Waals surface area contributed by atoms with Gasteiger partial charge in [-0.05, 0) is 63.1 Å². The van der Waals surface area contributed by atoms with Crippen LogP contribution < -0.4 is 0 Å². The van der Waals surface area contributed by atoms with Crippen molar-refractivity contribution in [3.8, 4) is 11.5 Å². The summed E-state index contributed by atoms with van der Waals surface area (Å²) in [6.07, 6.45) is 2.62. The predicted molar refractivity (Wildman–Crippen MR) is 90.2 cm³/mol. The predicted octanol–water partition coefficient (Wildman–Crippen LogP) is 4.02. The number of aromatic hydroxyl groups is 2. The molecule has 0 bridgehead atoms. The van der Waals surface area contributed by atoms with E-state index >= 15 is 0 Å². The number of phenolic OH excluding ortho intramolecular Hbond substituents is 2. The third kappa shape index (κ3) is 4.88. The molecule has 0 heterocycles. The van der Waals surface area contributed by atoms with E-state index in [9.17, 15) is 9.59 Å². The van der Waals surface area contributed by atoms with Crippen molar-refractivity contribution in [3.05, 3.63) is 46.6 Å². The summed E-state index contributed by atoms with van der Waals surface area (Å²) in [6.45, 7) is 6.87. The monoisotopic (exact) mass is 306 g/mol. The second-order valence-corrected chi connectivity index (χ2v) is 4.67. The van der Waals surface area contributed by atoms with Crippen molar-refractivity contribution >= 4 is 11.6 Å². The topological polar surface area (TPSA) is 74.6 Å². The zero-order valence-electron chi connectivity index (χ0n) is 12.0. The molecule has 0 spiro atoms. The Hall–Kier alpha value is -2.36. The Morgan fingerprint density at radius 2 is 0.955 bits per heavy atom. The van der Waals surface area contributed by atoms with Gasteiger partial charge in [0.05, 0.1) is 0 Å². The van der Waals surface area contributed by atoms with Crippen LogP contribution in [-0.2, 0) is 9.59 Å². The van der Waals surface area contributed by atoms with Crippen molar-refractivity contribution in [1.29, 1.82) is 0 Å². The number of allylic oxidation sites excluding steroid dienone is 4. The molecule has 1 aromatic carbocycles. The van der Waals surface area contributed by atoms with E-state index in [0.29, 0.717) is 11.1 Å². The smallest absolute Gasteiger partial charge is 0.182 e. The first-order valence-electron chi connectivity index (χ1n) is 6.18. The van der Waals surface area contributed by atoms with Crippen LogP contribution in [0.15, 0.2) is 35.4 Å². The minimum atomic E-state index is -0.0582. The lowest BCUT2D eigenvalue weighted by Gasteiger charge is -2.04. The number of ketones is 2. The van der Waals surface area contributed by atoms with E-state index in [4.69, 9.17) is 10.2 Å². The molecular weight excluding hydrogens is 280 g/mol. The zero-order valence-corrected chi connectivity index (χ0v) is 12.0. The van der Waals surface area contributed by atoms with Crippen LogP contribution in [0.4, 0.5) is 0 Å². The molecule has 0 atom stereocenters. The van der Waals surface area contributed by atoms with Crippen molar-refractivity contribution in [2.45, 2.75) is 42.5 Å². The zero-order chi connectivity index (χ0) is 15.4. The fourth-order valence-corrected chi connectivity index (χ4v) is 1.56. The number of hydrogen-bond acceptors (Lipinski definition) is 4. The minimum Gasteiger partial charge on any atom is -0.508 e. The third-order valence-electron chi connectivity index (χ3n) is 3.42. The fraction of sp³-hybridized carbons (Fsp3) is 0.333. The van der Waals surface area contributed by atoms with Crippen LogP contribution in [0.1, 0.15) is 39.8 Å². The third-order valence-corrected chi connectivity index (χ3v) is 3.42. The van der Waals surface area contributed by atoms with Gasteiger partial charge in [-0.2, -0.15) is 0 Å². The minimum absolute atomic E-state index is 0. The normalized spacial score (nSPS) is 12.9.